The van der Waals surface area contributed by atoms with Crippen LogP contribution >= 0.6 is 0 Å². The van der Waals surface area contributed by atoms with Crippen molar-refractivity contribution in [1.29, 1.82) is 0 Å². The van der Waals surface area contributed by atoms with Crippen LogP contribution in [0.4, 0.5) is 0 Å². The van der Waals surface area contributed by atoms with E-state index < -0.39 is 5.79 Å². The normalized spacial score (nSPS) is 39.9. The zero-order chi connectivity index (χ0) is 12.6. The molecule has 0 aliphatic carbocycles. The summed E-state index contributed by atoms with van der Waals surface area (Å²) < 4.78 is 5.28. The van der Waals surface area contributed by atoms with Gasteiger partial charge in [-0.25, -0.2) is 0 Å². The summed E-state index contributed by atoms with van der Waals surface area (Å²) in [4.78, 5) is 5.52. The third-order valence-corrected chi connectivity index (χ3v) is 3.73. The summed E-state index contributed by atoms with van der Waals surface area (Å²) >= 11 is 0. The van der Waals surface area contributed by atoms with E-state index in [0.717, 1.165) is 6.42 Å². The van der Waals surface area contributed by atoms with Crippen molar-refractivity contribution in [3.05, 3.63) is 0 Å². The Kier molecular flexibility index (Phi) is 3.70. The first-order valence-corrected chi connectivity index (χ1v) is 5.85. The average molecular weight is 231 g/mol. The van der Waals surface area contributed by atoms with E-state index in [1.807, 2.05) is 5.06 Å². The minimum Gasteiger partial charge on any atom is -0.365 e. The summed E-state index contributed by atoms with van der Waals surface area (Å²) in [6.45, 7) is 8.33. The number of methoxy groups -OCH3 is 1. The second-order valence-corrected chi connectivity index (χ2v) is 5.64. The Hall–Kier alpha value is -0.160. The van der Waals surface area contributed by atoms with Crippen molar-refractivity contribution in [2.24, 2.45) is 0 Å². The van der Waals surface area contributed by atoms with Gasteiger partial charge in [0, 0.05) is 31.0 Å². The summed E-state index contributed by atoms with van der Waals surface area (Å²) in [7, 11) is 3.25. The van der Waals surface area contributed by atoms with Gasteiger partial charge in [0.05, 0.1) is 7.11 Å². The van der Waals surface area contributed by atoms with E-state index in [0.29, 0.717) is 12.8 Å². The summed E-state index contributed by atoms with van der Waals surface area (Å²) in [5, 5.41) is 12.4. The molecule has 0 amide bonds. The standard InChI is InChI=1S/C12H25NO3/c1-7-11(4)9-12(14,15-5)8-10(2,3)13(11)16-6/h14H,7-9H2,1-6H3. The number of nitrogens with zero attached hydrogens (tertiary/aromatic N) is 1. The first-order valence-electron chi connectivity index (χ1n) is 5.85. The predicted octanol–water partition coefficient (Wildman–Crippen LogP) is 1.93. The molecule has 1 saturated heterocycles. The van der Waals surface area contributed by atoms with E-state index in [9.17, 15) is 5.11 Å². The Labute approximate surface area is 98.5 Å². The summed E-state index contributed by atoms with van der Waals surface area (Å²) in [5.41, 5.74) is -0.455. The zero-order valence-corrected chi connectivity index (χ0v) is 11.3. The molecule has 0 spiro atoms. The highest BCUT2D eigenvalue weighted by molar-refractivity contribution is 5.01. The second kappa shape index (κ2) is 4.26. The van der Waals surface area contributed by atoms with Gasteiger partial charge in [-0.05, 0) is 27.2 Å². The van der Waals surface area contributed by atoms with Gasteiger partial charge in [0.15, 0.2) is 5.79 Å². The molecule has 16 heavy (non-hydrogen) atoms. The Balaban J connectivity index is 3.07. The first kappa shape index (κ1) is 13.9. The molecule has 2 unspecified atom stereocenters. The molecule has 1 aliphatic heterocycles. The van der Waals surface area contributed by atoms with Crippen molar-refractivity contribution in [2.75, 3.05) is 14.2 Å². The molecule has 0 saturated carbocycles. The number of rotatable bonds is 3. The summed E-state index contributed by atoms with van der Waals surface area (Å²) in [5.74, 6) is -1.05. The van der Waals surface area contributed by atoms with Crippen molar-refractivity contribution in [3.63, 3.8) is 0 Å². The molecule has 0 radical (unpaired) electrons. The van der Waals surface area contributed by atoms with Crippen molar-refractivity contribution >= 4 is 0 Å². The predicted molar refractivity (Wildman–Crippen MR) is 62.8 cm³/mol. The topological polar surface area (TPSA) is 41.9 Å². The average Bonchev–Trinajstić information content (AvgIpc) is 2.16. The monoisotopic (exact) mass is 231 g/mol. The highest BCUT2D eigenvalue weighted by atomic mass is 16.7. The number of aliphatic hydroxyl groups is 1. The van der Waals surface area contributed by atoms with E-state index >= 15 is 0 Å². The van der Waals surface area contributed by atoms with E-state index in [2.05, 4.69) is 27.7 Å². The summed E-state index contributed by atoms with van der Waals surface area (Å²) in [6, 6.07) is 0. The Morgan fingerprint density at radius 1 is 1.19 bits per heavy atom. The van der Waals surface area contributed by atoms with Gasteiger partial charge in [-0.15, -0.1) is 0 Å². The molecule has 1 N–H and O–H groups in total. The van der Waals surface area contributed by atoms with Crippen LogP contribution in [0.2, 0.25) is 0 Å². The maximum Gasteiger partial charge on any atom is 0.168 e. The maximum absolute atomic E-state index is 10.4. The van der Waals surface area contributed by atoms with Crippen molar-refractivity contribution in [1.82, 2.24) is 5.06 Å². The molecule has 1 heterocycles. The lowest BCUT2D eigenvalue weighted by atomic mass is 9.76. The quantitative estimate of drug-likeness (QED) is 0.754. The van der Waals surface area contributed by atoms with E-state index in [1.54, 1.807) is 14.2 Å². The largest absolute Gasteiger partial charge is 0.365 e. The van der Waals surface area contributed by atoms with Gasteiger partial charge in [-0.1, -0.05) is 6.92 Å². The molecule has 0 bridgehead atoms. The number of hydrogen-bond donors (Lipinski definition) is 1. The Morgan fingerprint density at radius 3 is 2.12 bits per heavy atom. The van der Waals surface area contributed by atoms with Gasteiger partial charge in [-0.3, -0.25) is 0 Å². The van der Waals surface area contributed by atoms with Crippen molar-refractivity contribution < 1.29 is 14.7 Å². The van der Waals surface area contributed by atoms with Crippen LogP contribution in [-0.4, -0.2) is 41.3 Å². The molecule has 2 atom stereocenters. The fraction of sp³-hybridized carbons (Fsp3) is 1.00. The van der Waals surface area contributed by atoms with E-state index in [1.165, 1.54) is 0 Å². The Bertz CT molecular complexity index is 257. The zero-order valence-electron chi connectivity index (χ0n) is 11.3. The van der Waals surface area contributed by atoms with Gasteiger partial charge in [-0.2, -0.15) is 5.06 Å². The van der Waals surface area contributed by atoms with Crippen LogP contribution in [0.3, 0.4) is 0 Å². The number of ether oxygens (including phenoxy) is 1. The minimum absolute atomic E-state index is 0.207. The molecular formula is C12H25NO3. The molecule has 1 fully saturated rings. The molecule has 4 heteroatoms. The molecule has 4 nitrogen and oxygen atoms in total. The molecule has 1 aliphatic rings. The first-order chi connectivity index (χ1) is 7.23. The number of piperidine rings is 1. The van der Waals surface area contributed by atoms with Crippen LogP contribution in [0.5, 0.6) is 0 Å². The fourth-order valence-corrected chi connectivity index (χ4v) is 3.09. The van der Waals surface area contributed by atoms with Crippen LogP contribution in [0.1, 0.15) is 47.0 Å². The van der Waals surface area contributed by atoms with E-state index in [4.69, 9.17) is 9.57 Å². The van der Waals surface area contributed by atoms with Gasteiger partial charge in [0.2, 0.25) is 0 Å². The lowest BCUT2D eigenvalue weighted by molar-refractivity contribution is -0.338. The highest BCUT2D eigenvalue weighted by Gasteiger charge is 2.54. The SMILES string of the molecule is CCC1(C)CC(O)(OC)CC(C)(C)N1OC. The van der Waals surface area contributed by atoms with Crippen LogP contribution in [-0.2, 0) is 9.57 Å². The minimum atomic E-state index is -1.05. The molecular weight excluding hydrogens is 206 g/mol. The third kappa shape index (κ3) is 2.25. The molecule has 0 aromatic rings. The van der Waals surface area contributed by atoms with E-state index in [-0.39, 0.29) is 11.1 Å². The van der Waals surface area contributed by atoms with Crippen LogP contribution in [0, 0.1) is 0 Å². The highest BCUT2D eigenvalue weighted by Crippen LogP contribution is 2.45. The lowest BCUT2D eigenvalue weighted by Crippen LogP contribution is -2.66. The van der Waals surface area contributed by atoms with Crippen molar-refractivity contribution in [3.8, 4) is 0 Å². The molecule has 1 rings (SSSR count). The fourth-order valence-electron chi connectivity index (χ4n) is 3.09. The van der Waals surface area contributed by atoms with Crippen LogP contribution in [0.25, 0.3) is 0 Å². The molecule has 0 aromatic heterocycles. The van der Waals surface area contributed by atoms with Gasteiger partial charge < -0.3 is 14.7 Å². The second-order valence-electron chi connectivity index (χ2n) is 5.64. The third-order valence-electron chi connectivity index (χ3n) is 3.73. The van der Waals surface area contributed by atoms with Gasteiger partial charge in [0.25, 0.3) is 0 Å². The van der Waals surface area contributed by atoms with Gasteiger partial charge in [0.1, 0.15) is 0 Å². The smallest absolute Gasteiger partial charge is 0.168 e. The van der Waals surface area contributed by atoms with Crippen molar-refractivity contribution in [2.45, 2.75) is 63.8 Å². The van der Waals surface area contributed by atoms with Crippen LogP contribution < -0.4 is 0 Å². The molecule has 96 valence electrons. The maximum atomic E-state index is 10.4. The van der Waals surface area contributed by atoms with Crippen LogP contribution in [0.15, 0.2) is 0 Å². The number of hydrogen-bond acceptors (Lipinski definition) is 4. The summed E-state index contributed by atoms with van der Waals surface area (Å²) in [6.07, 6.45) is 2.00. The molecule has 0 aromatic carbocycles. The lowest BCUT2D eigenvalue weighted by Gasteiger charge is -2.56. The van der Waals surface area contributed by atoms with Gasteiger partial charge >= 0.3 is 0 Å². The number of hydroxylamine groups is 2. The Morgan fingerprint density at radius 2 is 1.75 bits per heavy atom.